The number of amides is 2. The molecule has 3 aromatic rings. The van der Waals surface area contributed by atoms with E-state index in [2.05, 4.69) is 29.4 Å². The fourth-order valence-corrected chi connectivity index (χ4v) is 3.32. The van der Waals surface area contributed by atoms with Crippen LogP contribution >= 0.6 is 11.3 Å². The number of nitrogens with one attached hydrogen (secondary N) is 1. The number of carbonyl (C=O) groups excluding carboxylic acids is 1. The van der Waals surface area contributed by atoms with Gasteiger partial charge in [-0.2, -0.15) is 0 Å². The van der Waals surface area contributed by atoms with Gasteiger partial charge in [0.2, 0.25) is 0 Å². The summed E-state index contributed by atoms with van der Waals surface area (Å²) in [5, 5.41) is 6.15. The van der Waals surface area contributed by atoms with E-state index in [1.807, 2.05) is 36.6 Å². The summed E-state index contributed by atoms with van der Waals surface area (Å²) in [6.07, 6.45) is 0. The maximum atomic E-state index is 11.9. The minimum absolute atomic E-state index is 0.271. The van der Waals surface area contributed by atoms with E-state index in [0.717, 1.165) is 27.4 Å². The van der Waals surface area contributed by atoms with Crippen LogP contribution in [0.25, 0.3) is 11.3 Å². The molecule has 27 heavy (non-hydrogen) atoms. The molecule has 2 amide bonds. The fourth-order valence-electron chi connectivity index (χ4n) is 2.64. The Balaban J connectivity index is 1.77. The van der Waals surface area contributed by atoms with Crippen molar-refractivity contribution in [3.05, 3.63) is 64.5 Å². The molecule has 1 heterocycles. The molecular formula is C20H22N4O2S. The summed E-state index contributed by atoms with van der Waals surface area (Å²) in [7, 11) is 1.54. The van der Waals surface area contributed by atoms with Crippen LogP contribution in [0.5, 0.6) is 5.19 Å². The van der Waals surface area contributed by atoms with Crippen LogP contribution in [0.2, 0.25) is 0 Å². The number of urea groups is 1. The van der Waals surface area contributed by atoms with Gasteiger partial charge in [-0.05, 0) is 25.5 Å². The molecular weight excluding hydrogens is 360 g/mol. The van der Waals surface area contributed by atoms with Crippen LogP contribution in [0, 0.1) is 13.8 Å². The van der Waals surface area contributed by atoms with Gasteiger partial charge in [0.05, 0.1) is 11.4 Å². The molecule has 3 N–H and O–H groups in total. The Morgan fingerprint density at radius 2 is 1.96 bits per heavy atom. The molecule has 2 aromatic carbocycles. The number of aromatic nitrogens is 1. The van der Waals surface area contributed by atoms with Crippen molar-refractivity contribution in [3.8, 4) is 16.5 Å². The second kappa shape index (κ2) is 8.20. The van der Waals surface area contributed by atoms with Gasteiger partial charge in [0, 0.05) is 23.6 Å². The number of hydrogen-bond acceptors (Lipinski definition) is 5. The average Bonchev–Trinajstić information content (AvgIpc) is 3.15. The molecule has 0 aliphatic carbocycles. The number of hydrazine groups is 1. The third-order valence-corrected chi connectivity index (χ3v) is 5.00. The summed E-state index contributed by atoms with van der Waals surface area (Å²) in [5.41, 5.74) is 5.57. The van der Waals surface area contributed by atoms with Gasteiger partial charge in [-0.1, -0.05) is 53.3 Å². The number of aryl methyl sites for hydroxylation is 2. The van der Waals surface area contributed by atoms with Crippen molar-refractivity contribution < 1.29 is 9.53 Å². The van der Waals surface area contributed by atoms with Gasteiger partial charge in [-0.15, -0.1) is 0 Å². The van der Waals surface area contributed by atoms with E-state index in [1.165, 1.54) is 23.9 Å². The Bertz CT molecular complexity index is 937. The Morgan fingerprint density at radius 3 is 2.67 bits per heavy atom. The van der Waals surface area contributed by atoms with E-state index in [4.69, 9.17) is 10.6 Å². The predicted molar refractivity (Wildman–Crippen MR) is 109 cm³/mol. The second-order valence-electron chi connectivity index (χ2n) is 6.15. The Morgan fingerprint density at radius 1 is 1.22 bits per heavy atom. The first-order valence-electron chi connectivity index (χ1n) is 8.50. The van der Waals surface area contributed by atoms with Gasteiger partial charge in [0.1, 0.15) is 6.61 Å². The first kappa shape index (κ1) is 18.9. The van der Waals surface area contributed by atoms with E-state index in [9.17, 15) is 4.79 Å². The standard InChI is InChI=1S/C20H22N4O2S/c1-13-7-9-15(10-8-13)17-12-27-20(23-17)26-11-16-14(2)5-4-6-18(16)24(21)19(25)22-3/h4-10,12H,11,21H2,1-3H3,(H,22,25). The van der Waals surface area contributed by atoms with Crippen molar-refractivity contribution in [2.75, 3.05) is 12.1 Å². The van der Waals surface area contributed by atoms with Gasteiger partial charge >= 0.3 is 6.03 Å². The molecule has 0 saturated carbocycles. The van der Waals surface area contributed by atoms with Crippen LogP contribution < -0.4 is 20.9 Å². The molecule has 0 bridgehead atoms. The highest BCUT2D eigenvalue weighted by molar-refractivity contribution is 7.11. The largest absolute Gasteiger partial charge is 0.465 e. The zero-order valence-corrected chi connectivity index (χ0v) is 16.3. The molecule has 0 aliphatic rings. The normalized spacial score (nSPS) is 10.5. The smallest absolute Gasteiger partial charge is 0.336 e. The molecule has 3 rings (SSSR count). The number of nitrogens with two attached hydrogens (primary N) is 1. The van der Waals surface area contributed by atoms with Gasteiger partial charge < -0.3 is 10.1 Å². The summed E-state index contributed by atoms with van der Waals surface area (Å²) in [5.74, 6) is 5.93. The number of carbonyl (C=O) groups is 1. The molecule has 0 saturated heterocycles. The van der Waals surface area contributed by atoms with E-state index >= 15 is 0 Å². The molecule has 7 heteroatoms. The first-order valence-corrected chi connectivity index (χ1v) is 9.38. The molecule has 0 fully saturated rings. The van der Waals surface area contributed by atoms with Crippen molar-refractivity contribution in [1.82, 2.24) is 10.3 Å². The van der Waals surface area contributed by atoms with Crippen molar-refractivity contribution in [2.45, 2.75) is 20.5 Å². The minimum atomic E-state index is -0.391. The molecule has 0 spiro atoms. The number of hydrogen-bond donors (Lipinski definition) is 2. The lowest BCUT2D eigenvalue weighted by Crippen LogP contribution is -2.44. The highest BCUT2D eigenvalue weighted by Gasteiger charge is 2.16. The first-order chi connectivity index (χ1) is 13.0. The molecule has 0 unspecified atom stereocenters. The van der Waals surface area contributed by atoms with Gasteiger partial charge in [0.15, 0.2) is 0 Å². The number of thiazole rings is 1. The lowest BCUT2D eigenvalue weighted by molar-refractivity contribution is 0.248. The molecule has 6 nitrogen and oxygen atoms in total. The van der Waals surface area contributed by atoms with E-state index in [-0.39, 0.29) is 6.61 Å². The van der Waals surface area contributed by atoms with Crippen molar-refractivity contribution in [1.29, 1.82) is 0 Å². The zero-order chi connectivity index (χ0) is 19.4. The van der Waals surface area contributed by atoms with Crippen LogP contribution in [0.4, 0.5) is 10.5 Å². The number of ether oxygens (including phenoxy) is 1. The van der Waals surface area contributed by atoms with Crippen LogP contribution in [0.3, 0.4) is 0 Å². The van der Waals surface area contributed by atoms with Crippen LogP contribution in [-0.4, -0.2) is 18.1 Å². The third-order valence-electron chi connectivity index (χ3n) is 4.25. The molecule has 0 atom stereocenters. The molecule has 0 radical (unpaired) electrons. The summed E-state index contributed by atoms with van der Waals surface area (Å²) in [6, 6.07) is 13.4. The lowest BCUT2D eigenvalue weighted by atomic mass is 10.1. The second-order valence-corrected chi connectivity index (χ2v) is 6.97. The lowest BCUT2D eigenvalue weighted by Gasteiger charge is -2.20. The number of rotatable bonds is 5. The summed E-state index contributed by atoms with van der Waals surface area (Å²) < 4.78 is 5.90. The van der Waals surface area contributed by atoms with E-state index in [1.54, 1.807) is 6.07 Å². The van der Waals surface area contributed by atoms with Crippen LogP contribution in [-0.2, 0) is 6.61 Å². The van der Waals surface area contributed by atoms with Crippen molar-refractivity contribution in [3.63, 3.8) is 0 Å². The maximum Gasteiger partial charge on any atom is 0.336 e. The summed E-state index contributed by atoms with van der Waals surface area (Å²) >= 11 is 1.44. The Hall–Kier alpha value is -2.90. The van der Waals surface area contributed by atoms with Crippen molar-refractivity contribution in [2.24, 2.45) is 5.84 Å². The van der Waals surface area contributed by atoms with Gasteiger partial charge in [0.25, 0.3) is 5.19 Å². The maximum absolute atomic E-state index is 11.9. The van der Waals surface area contributed by atoms with Crippen LogP contribution in [0.1, 0.15) is 16.7 Å². The van der Waals surface area contributed by atoms with Gasteiger partial charge in [-0.3, -0.25) is 0 Å². The topological polar surface area (TPSA) is 80.5 Å². The highest BCUT2D eigenvalue weighted by atomic mass is 32.1. The summed E-state index contributed by atoms with van der Waals surface area (Å²) in [4.78, 5) is 16.4. The average molecular weight is 382 g/mol. The minimum Gasteiger partial charge on any atom is -0.465 e. The molecule has 0 aliphatic heterocycles. The van der Waals surface area contributed by atoms with E-state index < -0.39 is 6.03 Å². The summed E-state index contributed by atoms with van der Waals surface area (Å²) in [6.45, 7) is 4.28. The molecule has 140 valence electrons. The fraction of sp³-hybridized carbons (Fsp3) is 0.200. The van der Waals surface area contributed by atoms with Crippen LogP contribution in [0.15, 0.2) is 47.8 Å². The Labute approximate surface area is 162 Å². The number of nitrogens with zero attached hydrogens (tertiary/aromatic N) is 2. The van der Waals surface area contributed by atoms with E-state index in [0.29, 0.717) is 10.9 Å². The third kappa shape index (κ3) is 4.27. The number of anilines is 1. The Kier molecular flexibility index (Phi) is 5.73. The molecule has 1 aromatic heterocycles. The van der Waals surface area contributed by atoms with Crippen molar-refractivity contribution >= 4 is 23.1 Å². The SMILES string of the molecule is CNC(=O)N(N)c1cccc(C)c1COc1nc(-c2ccc(C)cc2)cs1. The zero-order valence-electron chi connectivity index (χ0n) is 15.5. The number of benzene rings is 2. The predicted octanol–water partition coefficient (Wildman–Crippen LogP) is 4.03. The highest BCUT2D eigenvalue weighted by Crippen LogP contribution is 2.29. The van der Waals surface area contributed by atoms with Gasteiger partial charge in [-0.25, -0.2) is 20.6 Å². The quantitative estimate of drug-likeness (QED) is 0.397. The monoisotopic (exact) mass is 382 g/mol.